The second kappa shape index (κ2) is 11.0. The van der Waals surface area contributed by atoms with Crippen LogP contribution in [0, 0.1) is 0 Å². The second-order valence-electron chi connectivity index (χ2n) is 1.02. The summed E-state index contributed by atoms with van der Waals surface area (Å²) in [5.74, 6) is -1.21. The molecule has 0 saturated carbocycles. The van der Waals surface area contributed by atoms with Gasteiger partial charge in [0.1, 0.15) is 0 Å². The first-order valence-corrected chi connectivity index (χ1v) is 1.82. The smallest absolute Gasteiger partial charge is 0.550 e. The Bertz CT molecular complexity index is 82.6. The van der Waals surface area contributed by atoms with Gasteiger partial charge in [-0.15, -0.1) is 6.42 Å². The number of hydrogen-bond donors (Lipinski definition) is 0. The molecular formula is C4H7NaO4. The third kappa shape index (κ3) is 17.9. The van der Waals surface area contributed by atoms with Crippen LogP contribution in [0.4, 0.5) is 0 Å². The number of carbonyl (C=O) groups excluding carboxylic acids is 2. The van der Waals surface area contributed by atoms with E-state index >= 15 is 0 Å². The number of rotatable bonds is 3. The first kappa shape index (κ1) is 16.0. The average molecular weight is 142 g/mol. The van der Waals surface area contributed by atoms with Gasteiger partial charge in [0.2, 0.25) is 0 Å². The van der Waals surface area contributed by atoms with Gasteiger partial charge < -0.3 is 20.2 Å². The van der Waals surface area contributed by atoms with Crippen molar-refractivity contribution < 1.29 is 49.7 Å². The van der Waals surface area contributed by atoms with Crippen LogP contribution in [0.25, 0.3) is 0 Å². The molecule has 0 aromatic rings. The first-order chi connectivity index (χ1) is 3.27. The molecule has 0 bridgehead atoms. The number of aliphatic carboxylic acids is 1. The topological polar surface area (TPSA) is 90.2 Å². The molecule has 0 saturated heterocycles. The summed E-state index contributed by atoms with van der Waals surface area (Å²) in [5, 5.41) is 9.47. The van der Waals surface area contributed by atoms with Crippen molar-refractivity contribution in [2.75, 3.05) is 0 Å². The van der Waals surface area contributed by atoms with Crippen LogP contribution in [0.15, 0.2) is 0 Å². The van der Waals surface area contributed by atoms with E-state index in [2.05, 4.69) is 0 Å². The number of carboxylic acid groups (broad SMARTS) is 1. The fourth-order valence-corrected chi connectivity index (χ4v) is 0.153. The maximum Gasteiger partial charge on any atom is 1.00 e. The minimum Gasteiger partial charge on any atom is -0.550 e. The molecule has 0 atom stereocenters. The van der Waals surface area contributed by atoms with E-state index < -0.39 is 5.97 Å². The summed E-state index contributed by atoms with van der Waals surface area (Å²) >= 11 is 0. The molecule has 0 fully saturated rings. The summed E-state index contributed by atoms with van der Waals surface area (Å²) in [7, 11) is 0. The van der Waals surface area contributed by atoms with E-state index in [0.717, 1.165) is 0 Å². The van der Waals surface area contributed by atoms with Gasteiger partial charge in [-0.1, -0.05) is 0 Å². The summed E-state index contributed by atoms with van der Waals surface area (Å²) in [6.45, 7) is 0. The quantitative estimate of drug-likeness (QED) is 0.224. The Hall–Kier alpha value is 0.1000. The Morgan fingerprint density at radius 3 is 2.11 bits per heavy atom. The SMILES string of the molecule is O=[C-]CCC(=O)[O-].[Na+].[OH3+]. The average Bonchev–Trinajstić information content (AvgIpc) is 1.61. The molecular weight excluding hydrogens is 135 g/mol. The third-order valence-corrected chi connectivity index (χ3v) is 0.431. The van der Waals surface area contributed by atoms with Crippen molar-refractivity contribution in [3.63, 3.8) is 0 Å². The third-order valence-electron chi connectivity index (χ3n) is 0.431. The molecule has 48 valence electrons. The van der Waals surface area contributed by atoms with Crippen molar-refractivity contribution in [2.45, 2.75) is 12.8 Å². The predicted octanol–water partition coefficient (Wildman–Crippen LogP) is -5.29. The Balaban J connectivity index is -0.000000180. The van der Waals surface area contributed by atoms with Gasteiger partial charge >= 0.3 is 29.6 Å². The van der Waals surface area contributed by atoms with E-state index in [4.69, 9.17) is 0 Å². The minimum absolute atomic E-state index is 0. The fourth-order valence-electron chi connectivity index (χ4n) is 0.153. The van der Waals surface area contributed by atoms with E-state index in [1.807, 2.05) is 0 Å². The zero-order chi connectivity index (χ0) is 5.70. The van der Waals surface area contributed by atoms with E-state index in [1.165, 1.54) is 6.29 Å². The molecule has 0 unspecified atom stereocenters. The molecule has 0 spiro atoms. The Morgan fingerprint density at radius 1 is 1.56 bits per heavy atom. The van der Waals surface area contributed by atoms with Crippen LogP contribution in [-0.2, 0) is 15.1 Å². The molecule has 0 aromatic heterocycles. The second-order valence-corrected chi connectivity index (χ2v) is 1.02. The maximum atomic E-state index is 9.47. The number of hydrogen-bond acceptors (Lipinski definition) is 3. The maximum absolute atomic E-state index is 9.47. The summed E-state index contributed by atoms with van der Waals surface area (Å²) in [6.07, 6.45) is 1.14. The molecule has 0 aliphatic rings. The van der Waals surface area contributed by atoms with Crippen LogP contribution in [0.2, 0.25) is 0 Å². The van der Waals surface area contributed by atoms with Crippen molar-refractivity contribution in [2.24, 2.45) is 0 Å². The van der Waals surface area contributed by atoms with Crippen molar-refractivity contribution in [3.8, 4) is 0 Å². The number of carbonyl (C=O) groups is 1. The van der Waals surface area contributed by atoms with Gasteiger partial charge in [0.25, 0.3) is 0 Å². The molecule has 5 heteroatoms. The molecule has 0 aliphatic carbocycles. The largest absolute Gasteiger partial charge is 1.00 e. The standard InChI is InChI=1S/C4H5O3.Na.H2O/c5-3-1-2-4(6)7;;/h1-2H2,(H,6,7);;1H2/q-1;+1;. The zero-order valence-electron chi connectivity index (χ0n) is 5.22. The van der Waals surface area contributed by atoms with Crippen LogP contribution in [0.5, 0.6) is 0 Å². The van der Waals surface area contributed by atoms with Crippen molar-refractivity contribution >= 4 is 12.3 Å². The van der Waals surface area contributed by atoms with Gasteiger partial charge in [0.05, 0.1) is 0 Å². The van der Waals surface area contributed by atoms with E-state index in [-0.39, 0.29) is 47.9 Å². The molecule has 0 aromatic carbocycles. The molecule has 4 nitrogen and oxygen atoms in total. The monoisotopic (exact) mass is 142 g/mol. The Morgan fingerprint density at radius 2 is 2.00 bits per heavy atom. The molecule has 0 aliphatic heterocycles. The molecule has 0 amide bonds. The van der Waals surface area contributed by atoms with Gasteiger partial charge in [-0.3, -0.25) is 6.29 Å². The first-order valence-electron chi connectivity index (χ1n) is 1.82. The number of carboxylic acids is 1. The van der Waals surface area contributed by atoms with Crippen LogP contribution in [-0.4, -0.2) is 12.3 Å². The summed E-state index contributed by atoms with van der Waals surface area (Å²) in [5.41, 5.74) is 0. The summed E-state index contributed by atoms with van der Waals surface area (Å²) in [6, 6.07) is 0. The van der Waals surface area contributed by atoms with Gasteiger partial charge in [-0.25, -0.2) is 0 Å². The molecule has 0 heterocycles. The van der Waals surface area contributed by atoms with Crippen molar-refractivity contribution in [1.29, 1.82) is 0 Å². The fraction of sp³-hybridized carbons (Fsp3) is 0.500. The molecule has 3 N–H and O–H groups in total. The van der Waals surface area contributed by atoms with Crippen molar-refractivity contribution in [3.05, 3.63) is 0 Å². The predicted molar refractivity (Wildman–Crippen MR) is 24.8 cm³/mol. The summed E-state index contributed by atoms with van der Waals surface area (Å²) < 4.78 is 0. The Kier molecular flexibility index (Phi) is 19.6. The van der Waals surface area contributed by atoms with Crippen LogP contribution in [0.1, 0.15) is 12.8 Å². The molecule has 0 radical (unpaired) electrons. The summed E-state index contributed by atoms with van der Waals surface area (Å²) in [4.78, 5) is 18.8. The van der Waals surface area contributed by atoms with E-state index in [1.54, 1.807) is 0 Å². The van der Waals surface area contributed by atoms with Crippen molar-refractivity contribution in [1.82, 2.24) is 0 Å². The normalized spacial score (nSPS) is 6.22. The van der Waals surface area contributed by atoms with Gasteiger partial charge in [-0.2, -0.15) is 0 Å². The van der Waals surface area contributed by atoms with Crippen LogP contribution >= 0.6 is 0 Å². The van der Waals surface area contributed by atoms with E-state index in [9.17, 15) is 14.7 Å². The van der Waals surface area contributed by atoms with Gasteiger partial charge in [0, 0.05) is 5.97 Å². The zero-order valence-corrected chi connectivity index (χ0v) is 7.22. The van der Waals surface area contributed by atoms with E-state index in [0.29, 0.717) is 0 Å². The van der Waals surface area contributed by atoms with Crippen LogP contribution in [0.3, 0.4) is 0 Å². The van der Waals surface area contributed by atoms with Gasteiger partial charge in [-0.05, 0) is 6.42 Å². The van der Waals surface area contributed by atoms with Crippen LogP contribution < -0.4 is 34.7 Å². The van der Waals surface area contributed by atoms with Gasteiger partial charge in [0.15, 0.2) is 0 Å². The molecule has 9 heavy (non-hydrogen) atoms. The minimum atomic E-state index is -1.21. The molecule has 0 rings (SSSR count). The Labute approximate surface area is 74.8 Å².